The van der Waals surface area contributed by atoms with E-state index in [2.05, 4.69) is 15.0 Å². The zero-order valence-electron chi connectivity index (χ0n) is 9.41. The van der Waals surface area contributed by atoms with E-state index >= 15 is 0 Å². The van der Waals surface area contributed by atoms with Crippen LogP contribution >= 0.6 is 0 Å². The quantitative estimate of drug-likeness (QED) is 0.789. The summed E-state index contributed by atoms with van der Waals surface area (Å²) in [6.07, 6.45) is 4.94. The molecule has 2 aromatic rings. The van der Waals surface area contributed by atoms with Gasteiger partial charge in [0.2, 0.25) is 0 Å². The van der Waals surface area contributed by atoms with Gasteiger partial charge >= 0.3 is 0 Å². The molecule has 84 valence electrons. The van der Waals surface area contributed by atoms with Gasteiger partial charge in [0, 0.05) is 32.1 Å². The van der Waals surface area contributed by atoms with Crippen LogP contribution in [-0.2, 0) is 6.54 Å². The van der Waals surface area contributed by atoms with Crippen LogP contribution in [0.4, 0.5) is 5.82 Å². The third-order valence-electron chi connectivity index (χ3n) is 2.30. The zero-order chi connectivity index (χ0) is 12.1. The van der Waals surface area contributed by atoms with E-state index in [1.54, 1.807) is 12.3 Å². The minimum Gasteiger partial charge on any atom is -0.355 e. The maximum Gasteiger partial charge on any atom is 0.145 e. The Morgan fingerprint density at radius 2 is 2.29 bits per heavy atom. The van der Waals surface area contributed by atoms with Crippen molar-refractivity contribution < 1.29 is 0 Å². The predicted octanol–water partition coefficient (Wildman–Crippen LogP) is 1.38. The highest BCUT2D eigenvalue weighted by Gasteiger charge is 2.04. The molecule has 2 aromatic heterocycles. The first-order valence-corrected chi connectivity index (χ1v) is 5.12. The highest BCUT2D eigenvalue weighted by Crippen LogP contribution is 2.11. The summed E-state index contributed by atoms with van der Waals surface area (Å²) in [6, 6.07) is 7.55. The summed E-state index contributed by atoms with van der Waals surface area (Å²) in [6.45, 7) is 0.690. The van der Waals surface area contributed by atoms with E-state index in [1.165, 1.54) is 6.33 Å². The maximum absolute atomic E-state index is 8.76. The Morgan fingerprint density at radius 1 is 1.41 bits per heavy atom. The molecule has 0 aliphatic heterocycles. The molecule has 0 saturated heterocycles. The second-order valence-corrected chi connectivity index (χ2v) is 3.59. The Bertz CT molecular complexity index is 532. The number of nitriles is 1. The van der Waals surface area contributed by atoms with Crippen molar-refractivity contribution in [1.82, 2.24) is 15.0 Å². The molecule has 2 heterocycles. The van der Waals surface area contributed by atoms with Gasteiger partial charge in [0.15, 0.2) is 0 Å². The summed E-state index contributed by atoms with van der Waals surface area (Å²) < 4.78 is 0. The molecule has 0 unspecified atom stereocenters. The Labute approximate surface area is 99.4 Å². The first-order valence-electron chi connectivity index (χ1n) is 5.12. The predicted molar refractivity (Wildman–Crippen MR) is 63.1 cm³/mol. The number of anilines is 1. The minimum absolute atomic E-state index is 0.369. The first-order chi connectivity index (χ1) is 8.29. The lowest BCUT2D eigenvalue weighted by molar-refractivity contribution is 0.883. The highest BCUT2D eigenvalue weighted by atomic mass is 15.2. The van der Waals surface area contributed by atoms with Gasteiger partial charge in [-0.15, -0.1) is 0 Å². The van der Waals surface area contributed by atoms with E-state index < -0.39 is 0 Å². The van der Waals surface area contributed by atoms with Crippen LogP contribution in [-0.4, -0.2) is 22.0 Å². The Hall–Kier alpha value is -2.48. The fraction of sp³-hybridized carbons (Fsp3) is 0.167. The molecule has 0 spiro atoms. The lowest BCUT2D eigenvalue weighted by Gasteiger charge is -2.17. The van der Waals surface area contributed by atoms with E-state index in [9.17, 15) is 0 Å². The third-order valence-corrected chi connectivity index (χ3v) is 2.30. The molecule has 0 saturated carbocycles. The van der Waals surface area contributed by atoms with Crippen LogP contribution in [0.2, 0.25) is 0 Å². The summed E-state index contributed by atoms with van der Waals surface area (Å²) >= 11 is 0. The molecular weight excluding hydrogens is 214 g/mol. The minimum atomic E-state index is 0.369. The van der Waals surface area contributed by atoms with Crippen LogP contribution in [0.1, 0.15) is 11.3 Å². The van der Waals surface area contributed by atoms with E-state index in [0.29, 0.717) is 12.2 Å². The van der Waals surface area contributed by atoms with Crippen LogP contribution in [0.15, 0.2) is 36.9 Å². The molecule has 0 aromatic carbocycles. The average Bonchev–Trinajstić information content (AvgIpc) is 2.40. The fourth-order valence-corrected chi connectivity index (χ4v) is 1.46. The lowest BCUT2D eigenvalue weighted by Crippen LogP contribution is -2.18. The average molecular weight is 225 g/mol. The Balaban J connectivity index is 2.15. The SMILES string of the molecule is CN(Cc1cccnc1)c1cc(C#N)ncn1. The van der Waals surface area contributed by atoms with Crippen molar-refractivity contribution in [3.05, 3.63) is 48.2 Å². The van der Waals surface area contributed by atoms with Gasteiger partial charge in [-0.05, 0) is 11.6 Å². The summed E-state index contributed by atoms with van der Waals surface area (Å²) in [4.78, 5) is 14.0. The summed E-state index contributed by atoms with van der Waals surface area (Å²) in [5.41, 5.74) is 1.46. The van der Waals surface area contributed by atoms with Gasteiger partial charge in [-0.1, -0.05) is 6.07 Å². The number of nitrogens with zero attached hydrogens (tertiary/aromatic N) is 5. The van der Waals surface area contributed by atoms with Gasteiger partial charge < -0.3 is 4.90 Å². The Morgan fingerprint density at radius 3 is 3.00 bits per heavy atom. The van der Waals surface area contributed by atoms with Gasteiger partial charge in [-0.25, -0.2) is 9.97 Å². The van der Waals surface area contributed by atoms with Crippen LogP contribution in [0, 0.1) is 11.3 Å². The van der Waals surface area contributed by atoms with Crippen molar-refractivity contribution >= 4 is 5.82 Å². The monoisotopic (exact) mass is 225 g/mol. The smallest absolute Gasteiger partial charge is 0.145 e. The molecule has 0 N–H and O–H groups in total. The second-order valence-electron chi connectivity index (χ2n) is 3.59. The van der Waals surface area contributed by atoms with E-state index in [-0.39, 0.29) is 0 Å². The topological polar surface area (TPSA) is 65.7 Å². The van der Waals surface area contributed by atoms with Gasteiger partial charge in [-0.3, -0.25) is 4.98 Å². The number of aromatic nitrogens is 3. The molecule has 2 rings (SSSR count). The molecule has 0 atom stereocenters. The molecule has 0 bridgehead atoms. The Kier molecular flexibility index (Phi) is 3.26. The van der Waals surface area contributed by atoms with Crippen molar-refractivity contribution in [2.24, 2.45) is 0 Å². The molecule has 0 radical (unpaired) electrons. The third kappa shape index (κ3) is 2.75. The van der Waals surface area contributed by atoms with Gasteiger partial charge in [0.25, 0.3) is 0 Å². The maximum atomic E-state index is 8.76. The largest absolute Gasteiger partial charge is 0.355 e. The first kappa shape index (κ1) is 11.0. The normalized spacial score (nSPS) is 9.65. The summed E-state index contributed by atoms with van der Waals surface area (Å²) in [7, 11) is 1.91. The molecule has 0 amide bonds. The highest BCUT2D eigenvalue weighted by molar-refractivity contribution is 5.41. The molecule has 5 nitrogen and oxygen atoms in total. The molecular formula is C12H11N5. The molecule has 0 aliphatic carbocycles. The van der Waals surface area contributed by atoms with Crippen molar-refractivity contribution in [3.63, 3.8) is 0 Å². The second kappa shape index (κ2) is 5.03. The van der Waals surface area contributed by atoms with Crippen molar-refractivity contribution in [3.8, 4) is 6.07 Å². The summed E-state index contributed by atoms with van der Waals surface area (Å²) in [5.74, 6) is 0.723. The van der Waals surface area contributed by atoms with Crippen molar-refractivity contribution in [2.75, 3.05) is 11.9 Å². The van der Waals surface area contributed by atoms with Gasteiger partial charge in [0.1, 0.15) is 23.9 Å². The van der Waals surface area contributed by atoms with E-state index in [1.807, 2.05) is 36.3 Å². The van der Waals surface area contributed by atoms with Crippen molar-refractivity contribution in [2.45, 2.75) is 6.54 Å². The number of pyridine rings is 1. The number of rotatable bonds is 3. The van der Waals surface area contributed by atoms with Gasteiger partial charge in [0.05, 0.1) is 0 Å². The molecule has 17 heavy (non-hydrogen) atoms. The molecule has 0 aliphatic rings. The van der Waals surface area contributed by atoms with Crippen LogP contribution in [0.3, 0.4) is 0 Å². The standard InChI is InChI=1S/C12H11N5/c1-17(8-10-3-2-4-14-7-10)12-5-11(6-13)15-9-16-12/h2-5,7,9H,8H2,1H3. The van der Waals surface area contributed by atoms with Crippen LogP contribution < -0.4 is 4.90 Å². The van der Waals surface area contributed by atoms with E-state index in [4.69, 9.17) is 5.26 Å². The molecule has 5 heteroatoms. The van der Waals surface area contributed by atoms with Crippen LogP contribution in [0.5, 0.6) is 0 Å². The van der Waals surface area contributed by atoms with Crippen LogP contribution in [0.25, 0.3) is 0 Å². The zero-order valence-corrected chi connectivity index (χ0v) is 9.41. The number of hydrogen-bond acceptors (Lipinski definition) is 5. The lowest BCUT2D eigenvalue weighted by atomic mass is 10.2. The van der Waals surface area contributed by atoms with Gasteiger partial charge in [-0.2, -0.15) is 5.26 Å². The molecule has 0 fully saturated rings. The van der Waals surface area contributed by atoms with Crippen molar-refractivity contribution in [1.29, 1.82) is 5.26 Å². The van der Waals surface area contributed by atoms with E-state index in [0.717, 1.165) is 11.4 Å². The number of hydrogen-bond donors (Lipinski definition) is 0. The fourth-order valence-electron chi connectivity index (χ4n) is 1.46. The summed E-state index contributed by atoms with van der Waals surface area (Å²) in [5, 5.41) is 8.76.